The maximum atomic E-state index is 5.90. The van der Waals surface area contributed by atoms with Crippen LogP contribution in [0.1, 0.15) is 32.3 Å². The average molecular weight is 407 g/mol. The molecule has 1 aromatic rings. The lowest BCUT2D eigenvalue weighted by atomic mass is 10.1. The number of likely N-dealkylation sites (tertiary alicyclic amines) is 1. The van der Waals surface area contributed by atoms with Gasteiger partial charge in [0.15, 0.2) is 0 Å². The summed E-state index contributed by atoms with van der Waals surface area (Å²) in [7, 11) is 0. The molecule has 160 valence electrons. The molecule has 0 aliphatic carbocycles. The van der Waals surface area contributed by atoms with E-state index in [1.165, 1.54) is 5.56 Å². The van der Waals surface area contributed by atoms with E-state index in [1.54, 1.807) is 13.0 Å². The fourth-order valence-electron chi connectivity index (χ4n) is 3.38. The number of piperidine rings is 1. The van der Waals surface area contributed by atoms with Crippen LogP contribution in [0.4, 0.5) is 0 Å². The van der Waals surface area contributed by atoms with Crippen molar-refractivity contribution in [1.29, 1.82) is 0 Å². The van der Waals surface area contributed by atoms with Crippen LogP contribution in [0.25, 0.3) is 0 Å². The minimum Gasteiger partial charge on any atom is -0.402 e. The van der Waals surface area contributed by atoms with Gasteiger partial charge in [0.05, 0.1) is 5.84 Å². The third kappa shape index (κ3) is 7.99. The van der Waals surface area contributed by atoms with Crippen molar-refractivity contribution in [1.82, 2.24) is 10.2 Å². The molecule has 0 unspecified atom stereocenters. The summed E-state index contributed by atoms with van der Waals surface area (Å²) in [6.45, 7) is 13.3. The predicted molar refractivity (Wildman–Crippen MR) is 128 cm³/mol. The van der Waals surface area contributed by atoms with Crippen molar-refractivity contribution in [3.8, 4) is 0 Å². The molecule has 0 bridgehead atoms. The van der Waals surface area contributed by atoms with Crippen LogP contribution in [0.3, 0.4) is 0 Å². The summed E-state index contributed by atoms with van der Waals surface area (Å²) in [4.78, 5) is 11.3. The monoisotopic (exact) mass is 406 g/mol. The Bertz CT molecular complexity index is 832. The molecule has 1 fully saturated rings. The van der Waals surface area contributed by atoms with Gasteiger partial charge in [-0.1, -0.05) is 49.6 Å². The van der Waals surface area contributed by atoms with Crippen LogP contribution >= 0.6 is 0 Å². The topological polar surface area (TPSA) is 92.0 Å². The number of rotatable bonds is 9. The van der Waals surface area contributed by atoms with Gasteiger partial charge in [-0.2, -0.15) is 0 Å². The summed E-state index contributed by atoms with van der Waals surface area (Å²) in [5.74, 6) is 2.06. The standard InChI is InChI=1S/C24H34N6/c1-5-9-24(27-19(3)26)30-14-12-22(13-15-30)28-20(4)29-23(16-18(2)25)17-21-10-7-6-8-11-21/h5-11,16,22,28H,1,4,12-15,17,25H2,2-3H3,(H2,26,27)/b18-16-,24-9+,29-23+. The Kier molecular flexibility index (Phi) is 8.94. The van der Waals surface area contributed by atoms with Crippen molar-refractivity contribution in [2.24, 2.45) is 21.5 Å². The van der Waals surface area contributed by atoms with E-state index in [1.807, 2.05) is 37.3 Å². The van der Waals surface area contributed by atoms with Crippen molar-refractivity contribution in [3.05, 3.63) is 84.6 Å². The fourth-order valence-corrected chi connectivity index (χ4v) is 3.38. The van der Waals surface area contributed by atoms with Gasteiger partial charge in [-0.25, -0.2) is 9.98 Å². The van der Waals surface area contributed by atoms with Crippen LogP contribution in [0.2, 0.25) is 0 Å². The fraction of sp³-hybridized carbons (Fsp3) is 0.333. The highest BCUT2D eigenvalue weighted by Gasteiger charge is 2.20. The van der Waals surface area contributed by atoms with E-state index in [-0.39, 0.29) is 0 Å². The lowest BCUT2D eigenvalue weighted by molar-refractivity contribution is 0.247. The summed E-state index contributed by atoms with van der Waals surface area (Å²) in [5, 5.41) is 3.46. The van der Waals surface area contributed by atoms with Crippen LogP contribution in [0, 0.1) is 0 Å². The van der Waals surface area contributed by atoms with E-state index >= 15 is 0 Å². The van der Waals surface area contributed by atoms with Gasteiger partial charge >= 0.3 is 0 Å². The Balaban J connectivity index is 1.98. The molecule has 0 aromatic heterocycles. The summed E-state index contributed by atoms with van der Waals surface area (Å²) >= 11 is 0. The number of allylic oxidation sites excluding steroid dienone is 4. The largest absolute Gasteiger partial charge is 0.402 e. The number of hydrogen-bond donors (Lipinski definition) is 3. The number of amidine groups is 1. The molecule has 1 aromatic carbocycles. The zero-order valence-corrected chi connectivity index (χ0v) is 18.1. The lowest BCUT2D eigenvalue weighted by Gasteiger charge is -2.34. The van der Waals surface area contributed by atoms with Gasteiger partial charge < -0.3 is 21.7 Å². The Morgan fingerprint density at radius 1 is 1.17 bits per heavy atom. The first-order chi connectivity index (χ1) is 14.4. The average Bonchev–Trinajstić information content (AvgIpc) is 2.68. The van der Waals surface area contributed by atoms with Crippen molar-refractivity contribution in [3.63, 3.8) is 0 Å². The van der Waals surface area contributed by atoms with Crippen molar-refractivity contribution in [2.45, 2.75) is 39.2 Å². The minimum atomic E-state index is 0.311. The minimum absolute atomic E-state index is 0.311. The van der Waals surface area contributed by atoms with E-state index in [2.05, 4.69) is 40.5 Å². The molecule has 0 radical (unpaired) electrons. The Hall–Kier alpha value is -3.28. The molecule has 6 nitrogen and oxygen atoms in total. The quantitative estimate of drug-likeness (QED) is 0.333. The number of hydrogen-bond acceptors (Lipinski definition) is 5. The number of nitrogens with one attached hydrogen (secondary N) is 1. The lowest BCUT2D eigenvalue weighted by Crippen LogP contribution is -2.41. The molecule has 2 rings (SSSR count). The first-order valence-electron chi connectivity index (χ1n) is 10.3. The summed E-state index contributed by atoms with van der Waals surface area (Å²) in [5.41, 5.74) is 14.5. The van der Waals surface area contributed by atoms with Crippen LogP contribution in [-0.2, 0) is 6.42 Å². The van der Waals surface area contributed by atoms with Crippen molar-refractivity contribution < 1.29 is 0 Å². The summed E-state index contributed by atoms with van der Waals surface area (Å²) < 4.78 is 0. The van der Waals surface area contributed by atoms with Gasteiger partial charge in [0, 0.05) is 37.0 Å². The van der Waals surface area contributed by atoms with Crippen LogP contribution in [-0.4, -0.2) is 35.6 Å². The molecule has 1 aliphatic rings. The number of aliphatic imine (C=N–C) groups is 2. The van der Waals surface area contributed by atoms with E-state index in [4.69, 9.17) is 16.5 Å². The molecule has 30 heavy (non-hydrogen) atoms. The van der Waals surface area contributed by atoms with E-state index in [0.29, 0.717) is 24.1 Å². The Labute approximate surface area is 180 Å². The summed E-state index contributed by atoms with van der Waals surface area (Å²) in [6, 6.07) is 10.5. The zero-order chi connectivity index (χ0) is 21.9. The molecule has 1 saturated heterocycles. The molecule has 0 spiro atoms. The number of nitrogens with zero attached hydrogens (tertiary/aromatic N) is 3. The first kappa shape index (κ1) is 23.0. The van der Waals surface area contributed by atoms with E-state index < -0.39 is 0 Å². The SMILES string of the molecule is C=C/C=C(\N=C(\C)N)N1CCC(NC(=C)/N=C(\C=C(\C)N)Cc2ccccc2)CC1. The van der Waals surface area contributed by atoms with Crippen LogP contribution < -0.4 is 16.8 Å². The van der Waals surface area contributed by atoms with Gasteiger partial charge in [-0.05, 0) is 44.4 Å². The third-order valence-electron chi connectivity index (χ3n) is 4.65. The molecule has 1 aliphatic heterocycles. The molecule has 5 N–H and O–H groups in total. The Morgan fingerprint density at radius 3 is 2.40 bits per heavy atom. The Morgan fingerprint density at radius 2 is 1.83 bits per heavy atom. The van der Waals surface area contributed by atoms with Crippen molar-refractivity contribution >= 4 is 11.5 Å². The second-order valence-corrected chi connectivity index (χ2v) is 7.52. The first-order valence-corrected chi connectivity index (χ1v) is 10.3. The van der Waals surface area contributed by atoms with E-state index in [0.717, 1.165) is 43.2 Å². The molecule has 6 heteroatoms. The predicted octanol–water partition coefficient (Wildman–Crippen LogP) is 3.46. The van der Waals surface area contributed by atoms with Crippen molar-refractivity contribution in [2.75, 3.05) is 13.1 Å². The number of nitrogens with two attached hydrogens (primary N) is 2. The zero-order valence-electron chi connectivity index (χ0n) is 18.1. The molecule has 0 saturated carbocycles. The van der Waals surface area contributed by atoms with Crippen LogP contribution in [0.5, 0.6) is 0 Å². The van der Waals surface area contributed by atoms with Gasteiger partial charge in [-0.15, -0.1) is 0 Å². The highest BCUT2D eigenvalue weighted by atomic mass is 15.2. The van der Waals surface area contributed by atoms with Gasteiger partial charge in [0.25, 0.3) is 0 Å². The second-order valence-electron chi connectivity index (χ2n) is 7.52. The summed E-state index contributed by atoms with van der Waals surface area (Å²) in [6.07, 6.45) is 8.17. The highest BCUT2D eigenvalue weighted by Crippen LogP contribution is 2.17. The van der Waals surface area contributed by atoms with Gasteiger partial charge in [0.2, 0.25) is 0 Å². The maximum Gasteiger partial charge on any atom is 0.130 e. The van der Waals surface area contributed by atoms with Gasteiger partial charge in [-0.3, -0.25) is 0 Å². The second kappa shape index (κ2) is 11.7. The maximum absolute atomic E-state index is 5.90. The van der Waals surface area contributed by atoms with Gasteiger partial charge in [0.1, 0.15) is 11.6 Å². The van der Waals surface area contributed by atoms with E-state index in [9.17, 15) is 0 Å². The number of benzene rings is 1. The highest BCUT2D eigenvalue weighted by molar-refractivity contribution is 5.97. The molecule has 0 atom stereocenters. The normalized spacial score (nSPS) is 17.1. The molecule has 1 heterocycles. The smallest absolute Gasteiger partial charge is 0.130 e. The molecular weight excluding hydrogens is 372 g/mol. The molecular formula is C24H34N6. The van der Waals surface area contributed by atoms with Crippen LogP contribution in [0.15, 0.2) is 89.0 Å². The third-order valence-corrected chi connectivity index (χ3v) is 4.65. The molecule has 0 amide bonds.